The minimum atomic E-state index is -1.65. The Balaban J connectivity index is 2.67. The van der Waals surface area contributed by atoms with Crippen LogP contribution >= 0.6 is 11.3 Å². The third kappa shape index (κ3) is 1.86. The molecule has 0 unspecified atom stereocenters. The molecule has 0 radical (unpaired) electrons. The molecule has 0 amide bonds. The number of carbonyl (C=O) groups excluding carboxylic acids is 1. The van der Waals surface area contributed by atoms with Crippen molar-refractivity contribution >= 4 is 17.6 Å². The maximum Gasteiger partial charge on any atom is 0.203 e. The zero-order valence-electron chi connectivity index (χ0n) is 9.00. The van der Waals surface area contributed by atoms with Gasteiger partial charge in [-0.1, -0.05) is 0 Å². The second-order valence-corrected chi connectivity index (χ2v) is 4.50. The van der Waals surface area contributed by atoms with Gasteiger partial charge in [-0.05, 0) is 13.0 Å². The summed E-state index contributed by atoms with van der Waals surface area (Å²) in [6.45, 7) is 1.53. The molecule has 1 aromatic heterocycles. The van der Waals surface area contributed by atoms with Crippen LogP contribution in [0.2, 0.25) is 0 Å². The van der Waals surface area contributed by atoms with E-state index in [9.17, 15) is 18.0 Å². The molecule has 0 bridgehead atoms. The summed E-state index contributed by atoms with van der Waals surface area (Å²) in [7, 11) is 0. The molecule has 3 nitrogen and oxygen atoms in total. The zero-order valence-corrected chi connectivity index (χ0v) is 9.82. The molecule has 1 heterocycles. The quantitative estimate of drug-likeness (QED) is 0.675. The molecule has 0 aliphatic heterocycles. The van der Waals surface area contributed by atoms with Gasteiger partial charge in [0.1, 0.15) is 5.01 Å². The molecule has 1 N–H and O–H groups in total. The standard InChI is InChI=1S/C11H6F3NO2S/c1-4-7(3-16)18-11(15-4)5-2-6(12)9(14)10(17)8(5)13/h2-3,17H,1H3. The van der Waals surface area contributed by atoms with Crippen LogP contribution in [0.15, 0.2) is 6.07 Å². The molecule has 0 aliphatic carbocycles. The fraction of sp³-hybridized carbons (Fsp3) is 0.0909. The number of benzene rings is 1. The van der Waals surface area contributed by atoms with Crippen molar-refractivity contribution in [1.29, 1.82) is 0 Å². The van der Waals surface area contributed by atoms with Crippen LogP contribution in [0.3, 0.4) is 0 Å². The molecule has 1 aromatic carbocycles. The van der Waals surface area contributed by atoms with Crippen molar-refractivity contribution in [2.75, 3.05) is 0 Å². The van der Waals surface area contributed by atoms with Gasteiger partial charge in [-0.3, -0.25) is 4.79 Å². The Morgan fingerprint density at radius 3 is 2.56 bits per heavy atom. The Labute approximate surface area is 104 Å². The first-order chi connectivity index (χ1) is 8.45. The lowest BCUT2D eigenvalue weighted by molar-refractivity contribution is 0.112. The average molecular weight is 273 g/mol. The van der Waals surface area contributed by atoms with E-state index in [1.807, 2.05) is 0 Å². The molecule has 0 atom stereocenters. The van der Waals surface area contributed by atoms with Crippen molar-refractivity contribution in [3.8, 4) is 16.3 Å². The topological polar surface area (TPSA) is 50.2 Å². The van der Waals surface area contributed by atoms with E-state index in [1.165, 1.54) is 6.92 Å². The van der Waals surface area contributed by atoms with Gasteiger partial charge < -0.3 is 5.11 Å². The predicted molar refractivity (Wildman–Crippen MR) is 59.2 cm³/mol. The first-order valence-electron chi connectivity index (χ1n) is 4.75. The summed E-state index contributed by atoms with van der Waals surface area (Å²) in [6, 6.07) is 0.594. The van der Waals surface area contributed by atoms with Crippen molar-refractivity contribution in [3.05, 3.63) is 34.1 Å². The number of phenolic OH excluding ortho intramolecular Hbond substituents is 1. The number of rotatable bonds is 2. The number of halogens is 3. The van der Waals surface area contributed by atoms with Gasteiger partial charge in [-0.2, -0.15) is 4.39 Å². The Bertz CT molecular complexity index is 640. The molecule has 7 heteroatoms. The van der Waals surface area contributed by atoms with Gasteiger partial charge in [0.25, 0.3) is 0 Å². The first kappa shape index (κ1) is 12.6. The normalized spacial score (nSPS) is 10.7. The second kappa shape index (κ2) is 4.41. The highest BCUT2D eigenvalue weighted by Crippen LogP contribution is 2.35. The third-order valence-electron chi connectivity index (χ3n) is 2.30. The number of aromatic hydroxyl groups is 1. The molecular formula is C11H6F3NO2S. The van der Waals surface area contributed by atoms with Gasteiger partial charge in [0.2, 0.25) is 5.82 Å². The lowest BCUT2D eigenvalue weighted by atomic mass is 10.2. The highest BCUT2D eigenvalue weighted by Gasteiger charge is 2.21. The van der Waals surface area contributed by atoms with Gasteiger partial charge >= 0.3 is 0 Å². The second-order valence-electron chi connectivity index (χ2n) is 3.47. The summed E-state index contributed by atoms with van der Waals surface area (Å²) in [5.74, 6) is -5.74. The molecule has 18 heavy (non-hydrogen) atoms. The monoisotopic (exact) mass is 273 g/mol. The third-order valence-corrected chi connectivity index (χ3v) is 3.42. The predicted octanol–water partition coefficient (Wildman–Crippen LogP) is 3.05. The van der Waals surface area contributed by atoms with Crippen LogP contribution < -0.4 is 0 Å². The summed E-state index contributed by atoms with van der Waals surface area (Å²) in [5, 5.41) is 9.08. The molecule has 0 aliphatic rings. The van der Waals surface area contributed by atoms with Crippen LogP contribution in [0, 0.1) is 24.4 Å². The number of thiazole rings is 1. The highest BCUT2D eigenvalue weighted by atomic mass is 32.1. The Kier molecular flexibility index (Phi) is 3.08. The van der Waals surface area contributed by atoms with Gasteiger partial charge in [-0.15, -0.1) is 11.3 Å². The van der Waals surface area contributed by atoms with E-state index >= 15 is 0 Å². The SMILES string of the molecule is Cc1nc(-c2cc(F)c(F)c(O)c2F)sc1C=O. The zero-order chi connectivity index (χ0) is 13.4. The molecule has 2 rings (SSSR count). The first-order valence-corrected chi connectivity index (χ1v) is 5.56. The average Bonchev–Trinajstić information content (AvgIpc) is 2.72. The summed E-state index contributed by atoms with van der Waals surface area (Å²) < 4.78 is 39.6. The largest absolute Gasteiger partial charge is 0.503 e. The molecule has 2 aromatic rings. The van der Waals surface area contributed by atoms with E-state index in [-0.39, 0.29) is 15.4 Å². The maximum atomic E-state index is 13.6. The van der Waals surface area contributed by atoms with Crippen LogP contribution in [0.25, 0.3) is 10.6 Å². The fourth-order valence-corrected chi connectivity index (χ4v) is 2.27. The number of aldehydes is 1. The van der Waals surface area contributed by atoms with Crippen molar-refractivity contribution in [1.82, 2.24) is 4.98 Å². The van der Waals surface area contributed by atoms with Crippen LogP contribution in [0.1, 0.15) is 15.4 Å². The Morgan fingerprint density at radius 1 is 1.33 bits per heavy atom. The number of carbonyl (C=O) groups is 1. The number of nitrogens with zero attached hydrogens (tertiary/aromatic N) is 1. The van der Waals surface area contributed by atoms with Crippen molar-refractivity contribution in [2.45, 2.75) is 6.92 Å². The summed E-state index contributed by atoms with van der Waals surface area (Å²) in [6.07, 6.45) is 0.536. The van der Waals surface area contributed by atoms with E-state index in [1.54, 1.807) is 0 Å². The van der Waals surface area contributed by atoms with Gasteiger partial charge in [0, 0.05) is 0 Å². The lowest BCUT2D eigenvalue weighted by Crippen LogP contribution is -1.93. The number of phenols is 1. The molecule has 94 valence electrons. The minimum absolute atomic E-state index is 0.00120. The summed E-state index contributed by atoms with van der Waals surface area (Å²) >= 11 is 0.831. The molecule has 0 spiro atoms. The van der Waals surface area contributed by atoms with Crippen molar-refractivity contribution < 1.29 is 23.1 Å². The van der Waals surface area contributed by atoms with E-state index in [4.69, 9.17) is 5.11 Å². The summed E-state index contributed by atoms with van der Waals surface area (Å²) in [5.41, 5.74) is -0.0266. The molecular weight excluding hydrogens is 267 g/mol. The van der Waals surface area contributed by atoms with E-state index in [2.05, 4.69) is 4.98 Å². The van der Waals surface area contributed by atoms with Crippen molar-refractivity contribution in [2.24, 2.45) is 0 Å². The van der Waals surface area contributed by atoms with Gasteiger partial charge in [0.15, 0.2) is 23.7 Å². The van der Waals surface area contributed by atoms with Crippen LogP contribution in [-0.4, -0.2) is 16.4 Å². The number of hydrogen-bond donors (Lipinski definition) is 1. The van der Waals surface area contributed by atoms with Crippen molar-refractivity contribution in [3.63, 3.8) is 0 Å². The Morgan fingerprint density at radius 2 is 2.00 bits per heavy atom. The van der Waals surface area contributed by atoms with Crippen LogP contribution in [-0.2, 0) is 0 Å². The lowest BCUT2D eigenvalue weighted by Gasteiger charge is -2.03. The van der Waals surface area contributed by atoms with Crippen LogP contribution in [0.4, 0.5) is 13.2 Å². The molecule has 0 saturated carbocycles. The van der Waals surface area contributed by atoms with E-state index in [0.717, 1.165) is 11.3 Å². The minimum Gasteiger partial charge on any atom is -0.503 e. The van der Waals surface area contributed by atoms with Gasteiger partial charge in [-0.25, -0.2) is 13.8 Å². The number of aromatic nitrogens is 1. The van der Waals surface area contributed by atoms with E-state index < -0.39 is 23.2 Å². The molecule has 0 fully saturated rings. The summed E-state index contributed by atoms with van der Waals surface area (Å²) in [4.78, 5) is 14.8. The smallest absolute Gasteiger partial charge is 0.203 e. The maximum absolute atomic E-state index is 13.6. The number of aryl methyl sites for hydroxylation is 1. The molecule has 0 saturated heterocycles. The van der Waals surface area contributed by atoms with Gasteiger partial charge in [0.05, 0.1) is 16.1 Å². The highest BCUT2D eigenvalue weighted by molar-refractivity contribution is 7.16. The number of hydrogen-bond acceptors (Lipinski definition) is 4. The van der Waals surface area contributed by atoms with Crippen LogP contribution in [0.5, 0.6) is 5.75 Å². The fourth-order valence-electron chi connectivity index (χ4n) is 1.38. The Hall–Kier alpha value is -1.89. The van der Waals surface area contributed by atoms with E-state index in [0.29, 0.717) is 18.0 Å².